The molecule has 3 rings (SSSR count). The Balaban J connectivity index is 2.11. The van der Waals surface area contributed by atoms with Crippen molar-refractivity contribution in [3.63, 3.8) is 0 Å². The van der Waals surface area contributed by atoms with Gasteiger partial charge in [-0.2, -0.15) is 0 Å². The molecule has 0 radical (unpaired) electrons. The largest absolute Gasteiger partial charge is 0.334 e. The number of nitrogens with two attached hydrogens (primary N) is 1. The second-order valence-corrected chi connectivity index (χ2v) is 9.57. The SMILES string of the molecule is CC(C)(C)C(c1nc(-c2cccc(F)c2)cn1Cc1cccc(F)c1)N(C=O)CCC(N)CF. The molecule has 0 aliphatic carbocycles. The van der Waals surface area contributed by atoms with Gasteiger partial charge >= 0.3 is 0 Å². The van der Waals surface area contributed by atoms with Gasteiger partial charge in [0, 0.05) is 30.9 Å². The Hall–Kier alpha value is -3.13. The molecule has 0 saturated carbocycles. The van der Waals surface area contributed by atoms with E-state index >= 15 is 0 Å². The van der Waals surface area contributed by atoms with Gasteiger partial charge in [-0.3, -0.25) is 4.79 Å². The Labute approximate surface area is 198 Å². The third kappa shape index (κ3) is 6.26. The molecule has 3 aromatic rings. The molecule has 2 unspecified atom stereocenters. The van der Waals surface area contributed by atoms with Gasteiger partial charge in [0.1, 0.15) is 24.1 Å². The van der Waals surface area contributed by atoms with E-state index in [0.29, 0.717) is 35.6 Å². The maximum absolute atomic E-state index is 13.9. The average Bonchev–Trinajstić information content (AvgIpc) is 3.18. The van der Waals surface area contributed by atoms with Gasteiger partial charge in [-0.25, -0.2) is 18.2 Å². The number of hydrogen-bond donors (Lipinski definition) is 1. The summed E-state index contributed by atoms with van der Waals surface area (Å²) in [6, 6.07) is 11.2. The second kappa shape index (κ2) is 10.9. The fourth-order valence-corrected chi connectivity index (χ4v) is 4.06. The van der Waals surface area contributed by atoms with E-state index in [1.165, 1.54) is 24.3 Å². The molecule has 0 spiro atoms. The molecule has 0 saturated heterocycles. The number of rotatable bonds is 10. The van der Waals surface area contributed by atoms with Gasteiger partial charge in [0.25, 0.3) is 0 Å². The van der Waals surface area contributed by atoms with E-state index in [9.17, 15) is 18.0 Å². The first-order valence-corrected chi connectivity index (χ1v) is 11.2. The molecular weight excluding hydrogens is 441 g/mol. The minimum atomic E-state index is -0.676. The van der Waals surface area contributed by atoms with E-state index in [2.05, 4.69) is 0 Å². The van der Waals surface area contributed by atoms with Crippen molar-refractivity contribution in [3.8, 4) is 11.3 Å². The molecule has 34 heavy (non-hydrogen) atoms. The summed E-state index contributed by atoms with van der Waals surface area (Å²) in [5.74, 6) is -0.176. The third-order valence-corrected chi connectivity index (χ3v) is 5.66. The van der Waals surface area contributed by atoms with Crippen LogP contribution in [-0.2, 0) is 11.3 Å². The molecule has 182 valence electrons. The number of nitrogens with zero attached hydrogens (tertiary/aromatic N) is 3. The zero-order chi connectivity index (χ0) is 24.9. The molecule has 1 aromatic heterocycles. The number of benzene rings is 2. The van der Waals surface area contributed by atoms with Gasteiger partial charge in [0.15, 0.2) is 0 Å². The molecule has 2 atom stereocenters. The highest BCUT2D eigenvalue weighted by atomic mass is 19.1. The molecular formula is C26H31F3N4O. The lowest BCUT2D eigenvalue weighted by Gasteiger charge is -2.38. The molecule has 1 heterocycles. The Morgan fingerprint density at radius 1 is 1.12 bits per heavy atom. The van der Waals surface area contributed by atoms with Crippen molar-refractivity contribution in [2.45, 2.75) is 45.8 Å². The number of hydrogen-bond acceptors (Lipinski definition) is 3. The van der Waals surface area contributed by atoms with Gasteiger partial charge in [-0.05, 0) is 41.7 Å². The second-order valence-electron chi connectivity index (χ2n) is 9.57. The summed E-state index contributed by atoms with van der Waals surface area (Å²) in [5, 5.41) is 0. The van der Waals surface area contributed by atoms with Crippen LogP contribution in [0.5, 0.6) is 0 Å². The lowest BCUT2D eigenvalue weighted by Crippen LogP contribution is -2.40. The van der Waals surface area contributed by atoms with Gasteiger partial charge in [-0.1, -0.05) is 45.0 Å². The smallest absolute Gasteiger partial charge is 0.210 e. The summed E-state index contributed by atoms with van der Waals surface area (Å²) in [6.45, 7) is 5.81. The van der Waals surface area contributed by atoms with Crippen molar-refractivity contribution < 1.29 is 18.0 Å². The molecule has 1 amide bonds. The van der Waals surface area contributed by atoms with E-state index in [-0.39, 0.29) is 18.2 Å². The van der Waals surface area contributed by atoms with Crippen LogP contribution in [0.15, 0.2) is 54.7 Å². The van der Waals surface area contributed by atoms with E-state index < -0.39 is 24.2 Å². The molecule has 0 aliphatic heterocycles. The Morgan fingerprint density at radius 3 is 2.38 bits per heavy atom. The van der Waals surface area contributed by atoms with E-state index in [1.807, 2.05) is 25.3 Å². The van der Waals surface area contributed by atoms with Gasteiger partial charge in [-0.15, -0.1) is 0 Å². The molecule has 8 heteroatoms. The summed E-state index contributed by atoms with van der Waals surface area (Å²) in [6.07, 6.45) is 2.80. The predicted molar refractivity (Wildman–Crippen MR) is 127 cm³/mol. The normalized spacial score (nSPS) is 13.5. The van der Waals surface area contributed by atoms with Crippen LogP contribution in [0.4, 0.5) is 13.2 Å². The third-order valence-electron chi connectivity index (χ3n) is 5.66. The fourth-order valence-electron chi connectivity index (χ4n) is 4.06. The average molecular weight is 473 g/mol. The molecule has 2 aromatic carbocycles. The standard InChI is InChI=1S/C26H31F3N4O/c1-26(2,3)24(32(17-34)11-10-22(30)14-27)25-31-23(19-7-5-9-21(29)13-19)16-33(25)15-18-6-4-8-20(28)12-18/h4-9,12-13,16-17,22,24H,10-11,14-15,30H2,1-3H3. The van der Waals surface area contributed by atoms with Crippen molar-refractivity contribution >= 4 is 6.41 Å². The zero-order valence-electron chi connectivity index (χ0n) is 19.7. The van der Waals surface area contributed by atoms with Crippen LogP contribution >= 0.6 is 0 Å². The first kappa shape index (κ1) is 25.5. The monoisotopic (exact) mass is 472 g/mol. The maximum Gasteiger partial charge on any atom is 0.210 e. The Bertz CT molecular complexity index is 1110. The lowest BCUT2D eigenvalue weighted by molar-refractivity contribution is -0.123. The zero-order valence-corrected chi connectivity index (χ0v) is 19.7. The topological polar surface area (TPSA) is 64.2 Å². The number of alkyl halides is 1. The van der Waals surface area contributed by atoms with E-state index in [4.69, 9.17) is 10.7 Å². The van der Waals surface area contributed by atoms with Crippen LogP contribution in [0.3, 0.4) is 0 Å². The van der Waals surface area contributed by atoms with E-state index in [1.54, 1.807) is 35.4 Å². The minimum absolute atomic E-state index is 0.249. The summed E-state index contributed by atoms with van der Waals surface area (Å²) in [5.41, 5.74) is 7.14. The number of amides is 1. The molecule has 2 N–H and O–H groups in total. The highest BCUT2D eigenvalue weighted by Crippen LogP contribution is 2.38. The van der Waals surface area contributed by atoms with Crippen LogP contribution in [0.25, 0.3) is 11.3 Å². The lowest BCUT2D eigenvalue weighted by atomic mass is 9.85. The van der Waals surface area contributed by atoms with Crippen molar-refractivity contribution in [2.75, 3.05) is 13.2 Å². The van der Waals surface area contributed by atoms with Crippen LogP contribution in [0, 0.1) is 17.0 Å². The number of carbonyl (C=O) groups is 1. The number of aromatic nitrogens is 2. The van der Waals surface area contributed by atoms with E-state index in [0.717, 1.165) is 6.41 Å². The van der Waals surface area contributed by atoms with Crippen LogP contribution in [-0.4, -0.2) is 40.1 Å². The van der Waals surface area contributed by atoms with Crippen LogP contribution in [0.1, 0.15) is 44.6 Å². The maximum atomic E-state index is 13.9. The number of halogens is 3. The Kier molecular flexibility index (Phi) is 8.15. The fraction of sp³-hybridized carbons (Fsp3) is 0.385. The Morgan fingerprint density at radius 2 is 1.79 bits per heavy atom. The summed E-state index contributed by atoms with van der Waals surface area (Å²) in [4.78, 5) is 18.6. The molecule has 0 aliphatic rings. The first-order chi connectivity index (χ1) is 16.1. The summed E-state index contributed by atoms with van der Waals surface area (Å²) >= 11 is 0. The van der Waals surface area contributed by atoms with Crippen LogP contribution in [0.2, 0.25) is 0 Å². The molecule has 0 fully saturated rings. The number of carbonyl (C=O) groups excluding carboxylic acids is 1. The molecule has 5 nitrogen and oxygen atoms in total. The minimum Gasteiger partial charge on any atom is -0.334 e. The van der Waals surface area contributed by atoms with Crippen molar-refractivity contribution in [3.05, 3.63) is 77.8 Å². The van der Waals surface area contributed by atoms with Crippen molar-refractivity contribution in [2.24, 2.45) is 11.1 Å². The predicted octanol–water partition coefficient (Wildman–Crippen LogP) is 5.11. The van der Waals surface area contributed by atoms with Crippen molar-refractivity contribution in [1.29, 1.82) is 0 Å². The van der Waals surface area contributed by atoms with Gasteiger partial charge in [0.2, 0.25) is 6.41 Å². The first-order valence-electron chi connectivity index (χ1n) is 11.2. The van der Waals surface area contributed by atoms with Crippen LogP contribution < -0.4 is 5.73 Å². The quantitative estimate of drug-likeness (QED) is 0.417. The summed E-state index contributed by atoms with van der Waals surface area (Å²) < 4.78 is 42.6. The summed E-state index contributed by atoms with van der Waals surface area (Å²) in [7, 11) is 0. The number of imidazole rings is 1. The molecule has 0 bridgehead atoms. The van der Waals surface area contributed by atoms with Crippen molar-refractivity contribution in [1.82, 2.24) is 14.5 Å². The van der Waals surface area contributed by atoms with Gasteiger partial charge < -0.3 is 15.2 Å². The highest BCUT2D eigenvalue weighted by molar-refractivity contribution is 5.59. The van der Waals surface area contributed by atoms with Gasteiger partial charge in [0.05, 0.1) is 11.7 Å². The highest BCUT2D eigenvalue weighted by Gasteiger charge is 2.35.